The number of nitrogens with zero attached hydrogens (tertiary/aromatic N) is 1. The molecule has 0 unspecified atom stereocenters. The van der Waals surface area contributed by atoms with Crippen LogP contribution in [-0.4, -0.2) is 29.9 Å². The maximum absolute atomic E-state index is 14.2. The standard InChI is InChI=1S/C45H63N3O4S2/c1-9-11-13-18-28-48(29-19-14-12-10-2)39-26-27-43(44(32-39)53(49,50)40-20-16-15-17-21-40)46-37-22-24-38(25-23-37)47-54(51,52)45-41(34(5)6)30-36(33(3)4)31-42(45)35(7)8/h15-17,20-27,30-35,46-47H,9-14,18-19,28-29H2,1-8H3. The molecular weight excluding hydrogens is 711 g/mol. The maximum Gasteiger partial charge on any atom is 0.262 e. The van der Waals surface area contributed by atoms with E-state index in [-0.39, 0.29) is 27.5 Å². The Kier molecular flexibility index (Phi) is 15.6. The Bertz CT molecular complexity index is 1970. The monoisotopic (exact) mass is 773 g/mol. The second-order valence-electron chi connectivity index (χ2n) is 15.4. The first-order valence-electron chi connectivity index (χ1n) is 20.0. The lowest BCUT2D eigenvalue weighted by Gasteiger charge is -2.26. The largest absolute Gasteiger partial charge is 0.372 e. The van der Waals surface area contributed by atoms with E-state index in [0.717, 1.165) is 74.0 Å². The summed E-state index contributed by atoms with van der Waals surface area (Å²) >= 11 is 0. The van der Waals surface area contributed by atoms with Crippen LogP contribution < -0.4 is 14.9 Å². The molecule has 54 heavy (non-hydrogen) atoms. The number of sulfone groups is 1. The van der Waals surface area contributed by atoms with Crippen molar-refractivity contribution in [2.75, 3.05) is 28.0 Å². The zero-order chi connectivity index (χ0) is 39.5. The van der Waals surface area contributed by atoms with Gasteiger partial charge >= 0.3 is 0 Å². The Balaban J connectivity index is 1.68. The normalized spacial score (nSPS) is 12.1. The summed E-state index contributed by atoms with van der Waals surface area (Å²) in [6, 6.07) is 25.3. The Hall–Kier alpha value is -3.82. The first-order chi connectivity index (χ1) is 25.7. The van der Waals surface area contributed by atoms with Crippen molar-refractivity contribution in [2.45, 2.75) is 139 Å². The predicted octanol–water partition coefficient (Wildman–Crippen LogP) is 12.4. The van der Waals surface area contributed by atoms with E-state index in [0.29, 0.717) is 22.0 Å². The minimum absolute atomic E-state index is 0.0151. The molecule has 0 aliphatic rings. The Morgan fingerprint density at radius 2 is 1.13 bits per heavy atom. The molecule has 0 aliphatic heterocycles. The fourth-order valence-electron chi connectivity index (χ4n) is 6.77. The van der Waals surface area contributed by atoms with Crippen molar-refractivity contribution in [1.29, 1.82) is 0 Å². The zero-order valence-electron chi connectivity index (χ0n) is 33.8. The van der Waals surface area contributed by atoms with Gasteiger partial charge in [-0.1, -0.05) is 124 Å². The topological polar surface area (TPSA) is 95.6 Å². The van der Waals surface area contributed by atoms with Gasteiger partial charge in [0.25, 0.3) is 10.0 Å². The maximum atomic E-state index is 14.2. The van der Waals surface area contributed by atoms with E-state index in [1.165, 1.54) is 12.8 Å². The number of benzene rings is 4. The Labute approximate surface area is 327 Å². The van der Waals surface area contributed by atoms with Crippen LogP contribution in [0.2, 0.25) is 0 Å². The fraction of sp³-hybridized carbons (Fsp3) is 0.467. The molecule has 0 aliphatic carbocycles. The molecule has 0 atom stereocenters. The lowest BCUT2D eigenvalue weighted by molar-refractivity contribution is 0.594. The summed E-state index contributed by atoms with van der Waals surface area (Å²) in [6.45, 7) is 18.5. The second-order valence-corrected chi connectivity index (χ2v) is 18.9. The predicted molar refractivity (Wildman–Crippen MR) is 228 cm³/mol. The molecule has 0 amide bonds. The zero-order valence-corrected chi connectivity index (χ0v) is 35.4. The SMILES string of the molecule is CCCCCCN(CCCCCC)c1ccc(Nc2ccc(NS(=O)(=O)c3c(C(C)C)cc(C(C)C)cc3C(C)C)cc2)c(S(=O)(=O)c2ccccc2)c1. The summed E-state index contributed by atoms with van der Waals surface area (Å²) in [5.74, 6) is 0.303. The molecule has 9 heteroatoms. The number of hydrogen-bond donors (Lipinski definition) is 2. The van der Waals surface area contributed by atoms with E-state index in [4.69, 9.17) is 0 Å². The molecule has 0 bridgehead atoms. The highest BCUT2D eigenvalue weighted by molar-refractivity contribution is 7.93. The van der Waals surface area contributed by atoms with Crippen molar-refractivity contribution in [3.05, 3.63) is 102 Å². The van der Waals surface area contributed by atoms with Gasteiger partial charge in [0.15, 0.2) is 0 Å². The lowest BCUT2D eigenvalue weighted by atomic mass is 9.89. The van der Waals surface area contributed by atoms with Gasteiger partial charge in [-0.3, -0.25) is 4.72 Å². The molecule has 0 saturated carbocycles. The van der Waals surface area contributed by atoms with Crippen molar-refractivity contribution in [2.24, 2.45) is 0 Å². The first kappa shape index (κ1) is 42.9. The molecule has 2 N–H and O–H groups in total. The Morgan fingerprint density at radius 1 is 0.593 bits per heavy atom. The van der Waals surface area contributed by atoms with Crippen LogP contribution in [0.15, 0.2) is 99.6 Å². The minimum atomic E-state index is -3.92. The molecule has 0 heterocycles. The highest BCUT2D eigenvalue weighted by atomic mass is 32.2. The summed E-state index contributed by atoms with van der Waals surface area (Å²) in [6.07, 6.45) is 9.09. The third-order valence-electron chi connectivity index (χ3n) is 10.0. The molecule has 4 aromatic rings. The molecule has 4 rings (SSSR count). The number of hydrogen-bond acceptors (Lipinski definition) is 6. The second kappa shape index (κ2) is 19.7. The van der Waals surface area contributed by atoms with Gasteiger partial charge in [-0.15, -0.1) is 0 Å². The average molecular weight is 774 g/mol. The van der Waals surface area contributed by atoms with Gasteiger partial charge in [-0.25, -0.2) is 16.8 Å². The van der Waals surface area contributed by atoms with Crippen LogP contribution in [0.3, 0.4) is 0 Å². The molecule has 294 valence electrons. The van der Waals surface area contributed by atoms with Gasteiger partial charge in [0.05, 0.1) is 20.4 Å². The van der Waals surface area contributed by atoms with Crippen LogP contribution in [0.25, 0.3) is 0 Å². The minimum Gasteiger partial charge on any atom is -0.372 e. The fourth-order valence-corrected chi connectivity index (χ4v) is 9.98. The number of nitrogens with one attached hydrogen (secondary N) is 2. The third-order valence-corrected chi connectivity index (χ3v) is 13.3. The summed E-state index contributed by atoms with van der Waals surface area (Å²) < 4.78 is 59.5. The van der Waals surface area contributed by atoms with Crippen LogP contribution in [0.1, 0.15) is 141 Å². The summed E-state index contributed by atoms with van der Waals surface area (Å²) in [4.78, 5) is 3.12. The summed E-state index contributed by atoms with van der Waals surface area (Å²) in [5.41, 5.74) is 5.17. The van der Waals surface area contributed by atoms with Crippen molar-refractivity contribution in [3.8, 4) is 0 Å². The third kappa shape index (κ3) is 11.1. The van der Waals surface area contributed by atoms with Crippen molar-refractivity contribution >= 4 is 42.6 Å². The highest BCUT2D eigenvalue weighted by Crippen LogP contribution is 2.37. The van der Waals surface area contributed by atoms with E-state index in [1.807, 2.05) is 64.1 Å². The highest BCUT2D eigenvalue weighted by Gasteiger charge is 2.28. The van der Waals surface area contributed by atoms with Gasteiger partial charge in [-0.05, 0) is 102 Å². The molecular formula is C45H63N3O4S2. The number of sulfonamides is 1. The van der Waals surface area contributed by atoms with Crippen molar-refractivity contribution < 1.29 is 16.8 Å². The van der Waals surface area contributed by atoms with E-state index in [1.54, 1.807) is 48.5 Å². The number of anilines is 4. The molecule has 0 radical (unpaired) electrons. The quantitative estimate of drug-likeness (QED) is 0.0819. The van der Waals surface area contributed by atoms with E-state index in [2.05, 4.69) is 42.6 Å². The average Bonchev–Trinajstić information content (AvgIpc) is 3.14. The van der Waals surface area contributed by atoms with Gasteiger partial charge in [0.1, 0.15) is 0 Å². The van der Waals surface area contributed by atoms with Crippen molar-refractivity contribution in [3.63, 3.8) is 0 Å². The first-order valence-corrected chi connectivity index (χ1v) is 22.9. The van der Waals surface area contributed by atoms with Gasteiger partial charge in [-0.2, -0.15) is 0 Å². The number of unbranched alkanes of at least 4 members (excludes halogenated alkanes) is 6. The van der Waals surface area contributed by atoms with Crippen LogP contribution in [-0.2, 0) is 19.9 Å². The molecule has 0 spiro atoms. The molecule has 0 saturated heterocycles. The van der Waals surface area contributed by atoms with E-state index in [9.17, 15) is 16.8 Å². The van der Waals surface area contributed by atoms with Crippen LogP contribution in [0.5, 0.6) is 0 Å². The van der Waals surface area contributed by atoms with E-state index >= 15 is 0 Å². The van der Waals surface area contributed by atoms with Gasteiger partial charge < -0.3 is 10.2 Å². The number of rotatable bonds is 21. The molecule has 0 fully saturated rings. The van der Waals surface area contributed by atoms with Gasteiger partial charge in [0.2, 0.25) is 9.84 Å². The molecule has 0 aromatic heterocycles. The van der Waals surface area contributed by atoms with Gasteiger partial charge in [0, 0.05) is 30.2 Å². The van der Waals surface area contributed by atoms with Crippen LogP contribution in [0, 0.1) is 0 Å². The molecule has 7 nitrogen and oxygen atoms in total. The Morgan fingerprint density at radius 3 is 1.63 bits per heavy atom. The van der Waals surface area contributed by atoms with Crippen molar-refractivity contribution in [1.82, 2.24) is 0 Å². The van der Waals surface area contributed by atoms with E-state index < -0.39 is 19.9 Å². The summed E-state index contributed by atoms with van der Waals surface area (Å²) in [5, 5.41) is 3.35. The molecule has 4 aromatic carbocycles. The van der Waals surface area contributed by atoms with Crippen LogP contribution >= 0.6 is 0 Å². The van der Waals surface area contributed by atoms with Crippen LogP contribution in [0.4, 0.5) is 22.7 Å². The smallest absolute Gasteiger partial charge is 0.262 e. The summed E-state index contributed by atoms with van der Waals surface area (Å²) in [7, 11) is -7.80. The lowest BCUT2D eigenvalue weighted by Crippen LogP contribution is -2.26.